The minimum atomic E-state index is -3.30. The molecule has 7 heteroatoms. The average Bonchev–Trinajstić information content (AvgIpc) is 2.81. The number of sulfonamides is 1. The molecule has 0 aliphatic rings. The van der Waals surface area contributed by atoms with Gasteiger partial charge in [-0.3, -0.25) is 0 Å². The van der Waals surface area contributed by atoms with Crippen LogP contribution in [0.5, 0.6) is 0 Å². The largest absolute Gasteiger partial charge is 0.313 e. The van der Waals surface area contributed by atoms with Crippen molar-refractivity contribution in [1.82, 2.24) is 15.0 Å². The van der Waals surface area contributed by atoms with E-state index >= 15 is 0 Å². The second kappa shape index (κ2) is 7.33. The first-order chi connectivity index (χ1) is 8.85. The average molecular weight is 305 g/mol. The maximum atomic E-state index is 12.0. The highest BCUT2D eigenvalue weighted by molar-refractivity contribution is 7.90. The van der Waals surface area contributed by atoms with Crippen LogP contribution in [0.2, 0.25) is 0 Å². The van der Waals surface area contributed by atoms with Crippen molar-refractivity contribution >= 4 is 21.4 Å². The van der Waals surface area contributed by atoms with Gasteiger partial charge in [0.05, 0.1) is 11.8 Å². The quantitative estimate of drug-likeness (QED) is 0.764. The summed E-state index contributed by atoms with van der Waals surface area (Å²) in [5.41, 5.74) is 0. The summed E-state index contributed by atoms with van der Waals surface area (Å²) in [7, 11) is -3.30. The fraction of sp³-hybridized carbons (Fsp3) is 0.750. The summed E-state index contributed by atoms with van der Waals surface area (Å²) in [5, 5.41) is 3.48. The summed E-state index contributed by atoms with van der Waals surface area (Å²) in [6.45, 7) is 8.48. The molecular formula is C12H23N3O2S2. The molecule has 0 aliphatic heterocycles. The summed E-state index contributed by atoms with van der Waals surface area (Å²) in [6, 6.07) is 0.281. The number of hydrogen-bond donors (Lipinski definition) is 2. The van der Waals surface area contributed by atoms with Crippen LogP contribution in [0.1, 0.15) is 37.6 Å². The molecular weight excluding hydrogens is 282 g/mol. The second-order valence-electron chi connectivity index (χ2n) is 4.81. The molecule has 1 aromatic rings. The van der Waals surface area contributed by atoms with Crippen molar-refractivity contribution in [3.8, 4) is 0 Å². The molecule has 1 aromatic heterocycles. The van der Waals surface area contributed by atoms with Crippen LogP contribution in [-0.2, 0) is 23.0 Å². The van der Waals surface area contributed by atoms with Crippen molar-refractivity contribution in [2.24, 2.45) is 0 Å². The van der Waals surface area contributed by atoms with Gasteiger partial charge in [0, 0.05) is 23.7 Å². The SMILES string of the molecule is CCc1cnc(CNS(=O)(=O)C(C)CNC(C)C)s1. The number of thiazole rings is 1. The maximum Gasteiger partial charge on any atom is 0.215 e. The van der Waals surface area contributed by atoms with Crippen molar-refractivity contribution in [3.63, 3.8) is 0 Å². The number of aryl methyl sites for hydroxylation is 1. The Morgan fingerprint density at radius 3 is 2.58 bits per heavy atom. The van der Waals surface area contributed by atoms with Gasteiger partial charge in [0.15, 0.2) is 0 Å². The smallest absolute Gasteiger partial charge is 0.215 e. The zero-order valence-corrected chi connectivity index (χ0v) is 13.6. The van der Waals surface area contributed by atoms with Gasteiger partial charge in [-0.1, -0.05) is 20.8 Å². The van der Waals surface area contributed by atoms with E-state index in [1.165, 1.54) is 4.88 Å². The molecule has 0 amide bonds. The minimum Gasteiger partial charge on any atom is -0.313 e. The van der Waals surface area contributed by atoms with Crippen LogP contribution in [0.4, 0.5) is 0 Å². The predicted octanol–water partition coefficient (Wildman–Crippen LogP) is 1.51. The lowest BCUT2D eigenvalue weighted by atomic mass is 10.3. The highest BCUT2D eigenvalue weighted by Gasteiger charge is 2.20. The van der Waals surface area contributed by atoms with Gasteiger partial charge >= 0.3 is 0 Å². The van der Waals surface area contributed by atoms with Crippen LogP contribution in [0.15, 0.2) is 6.20 Å². The second-order valence-corrected chi connectivity index (χ2v) is 8.20. The summed E-state index contributed by atoms with van der Waals surface area (Å²) in [6.07, 6.45) is 2.73. The monoisotopic (exact) mass is 305 g/mol. The topological polar surface area (TPSA) is 71.1 Å². The summed E-state index contributed by atoms with van der Waals surface area (Å²) < 4.78 is 26.7. The zero-order valence-electron chi connectivity index (χ0n) is 11.9. The maximum absolute atomic E-state index is 12.0. The normalized spacial score (nSPS) is 13.9. The van der Waals surface area contributed by atoms with Crippen LogP contribution >= 0.6 is 11.3 Å². The van der Waals surface area contributed by atoms with Crippen LogP contribution in [-0.4, -0.2) is 31.2 Å². The van der Waals surface area contributed by atoms with Gasteiger partial charge in [-0.15, -0.1) is 11.3 Å². The van der Waals surface area contributed by atoms with E-state index in [9.17, 15) is 8.42 Å². The molecule has 19 heavy (non-hydrogen) atoms. The van der Waals surface area contributed by atoms with E-state index in [4.69, 9.17) is 0 Å². The number of rotatable bonds is 8. The Hall–Kier alpha value is -0.500. The number of nitrogens with zero attached hydrogens (tertiary/aromatic N) is 1. The Balaban J connectivity index is 2.49. The van der Waals surface area contributed by atoms with Crippen LogP contribution in [0.3, 0.4) is 0 Å². The molecule has 1 atom stereocenters. The lowest BCUT2D eigenvalue weighted by Gasteiger charge is -2.15. The molecule has 0 spiro atoms. The van der Waals surface area contributed by atoms with Crippen LogP contribution in [0, 0.1) is 0 Å². The number of nitrogens with one attached hydrogen (secondary N) is 2. The Morgan fingerprint density at radius 1 is 1.37 bits per heavy atom. The van der Waals surface area contributed by atoms with Crippen molar-refractivity contribution in [2.75, 3.05) is 6.54 Å². The van der Waals surface area contributed by atoms with E-state index in [2.05, 4.69) is 21.9 Å². The Labute approximate surface area is 119 Å². The van der Waals surface area contributed by atoms with Crippen molar-refractivity contribution in [3.05, 3.63) is 16.1 Å². The van der Waals surface area contributed by atoms with E-state index < -0.39 is 15.3 Å². The Morgan fingerprint density at radius 2 is 2.05 bits per heavy atom. The minimum absolute atomic E-state index is 0.277. The van der Waals surface area contributed by atoms with Gasteiger partial charge in [0.25, 0.3) is 0 Å². The third-order valence-corrected chi connectivity index (χ3v) is 5.63. The summed E-state index contributed by atoms with van der Waals surface area (Å²) >= 11 is 1.55. The third kappa shape index (κ3) is 5.56. The van der Waals surface area contributed by atoms with Crippen LogP contribution < -0.4 is 10.0 Å². The molecule has 1 heterocycles. The van der Waals surface area contributed by atoms with Gasteiger partial charge in [-0.05, 0) is 13.3 Å². The predicted molar refractivity (Wildman–Crippen MR) is 79.9 cm³/mol. The Bertz CT molecular complexity index is 483. The first-order valence-electron chi connectivity index (χ1n) is 6.50. The molecule has 2 N–H and O–H groups in total. The lowest BCUT2D eigenvalue weighted by molar-refractivity contribution is 0.540. The molecule has 0 fully saturated rings. The van der Waals surface area contributed by atoms with Crippen molar-refractivity contribution < 1.29 is 8.42 Å². The fourth-order valence-corrected chi connectivity index (χ4v) is 3.24. The van der Waals surface area contributed by atoms with E-state index in [-0.39, 0.29) is 12.6 Å². The van der Waals surface area contributed by atoms with Gasteiger partial charge in [-0.2, -0.15) is 0 Å². The van der Waals surface area contributed by atoms with E-state index in [0.29, 0.717) is 6.54 Å². The molecule has 0 radical (unpaired) electrons. The molecule has 110 valence electrons. The van der Waals surface area contributed by atoms with Crippen LogP contribution in [0.25, 0.3) is 0 Å². The van der Waals surface area contributed by atoms with Crippen molar-refractivity contribution in [1.29, 1.82) is 0 Å². The molecule has 5 nitrogen and oxygen atoms in total. The van der Waals surface area contributed by atoms with Gasteiger partial charge < -0.3 is 5.32 Å². The highest BCUT2D eigenvalue weighted by atomic mass is 32.2. The summed E-state index contributed by atoms with van der Waals surface area (Å²) in [5.74, 6) is 0. The van der Waals surface area contributed by atoms with E-state index in [1.54, 1.807) is 24.5 Å². The van der Waals surface area contributed by atoms with Gasteiger partial charge in [-0.25, -0.2) is 18.1 Å². The molecule has 0 aromatic carbocycles. The third-order valence-electron chi connectivity index (χ3n) is 2.72. The molecule has 0 aliphatic carbocycles. The first-order valence-corrected chi connectivity index (χ1v) is 8.86. The fourth-order valence-electron chi connectivity index (χ4n) is 1.41. The molecule has 1 rings (SSSR count). The van der Waals surface area contributed by atoms with Crippen molar-refractivity contribution in [2.45, 2.75) is 52.0 Å². The summed E-state index contributed by atoms with van der Waals surface area (Å²) in [4.78, 5) is 5.37. The first kappa shape index (κ1) is 16.6. The highest BCUT2D eigenvalue weighted by Crippen LogP contribution is 2.13. The van der Waals surface area contributed by atoms with E-state index in [1.807, 2.05) is 13.8 Å². The van der Waals surface area contributed by atoms with Gasteiger partial charge in [0.2, 0.25) is 10.0 Å². The standard InChI is InChI=1S/C12H23N3O2S2/c1-5-11-7-14-12(18-11)8-15-19(16,17)10(4)6-13-9(2)3/h7,9-10,13,15H,5-6,8H2,1-4H3. The Kier molecular flexibility index (Phi) is 6.38. The molecule has 0 saturated heterocycles. The molecule has 0 saturated carbocycles. The molecule has 1 unspecified atom stereocenters. The molecule has 0 bridgehead atoms. The lowest BCUT2D eigenvalue weighted by Crippen LogP contribution is -2.40. The number of hydrogen-bond acceptors (Lipinski definition) is 5. The van der Waals surface area contributed by atoms with Gasteiger partial charge in [0.1, 0.15) is 5.01 Å². The van der Waals surface area contributed by atoms with E-state index in [0.717, 1.165) is 11.4 Å². The zero-order chi connectivity index (χ0) is 14.5. The number of aromatic nitrogens is 1.